The van der Waals surface area contributed by atoms with Gasteiger partial charge in [0, 0.05) is 18.1 Å². The Labute approximate surface area is 168 Å². The number of cyclic esters (lactones) is 1. The third kappa shape index (κ3) is 4.41. The Hall–Kier alpha value is -2.90. The second-order valence-electron chi connectivity index (χ2n) is 7.16. The van der Waals surface area contributed by atoms with Crippen LogP contribution in [0.5, 0.6) is 11.5 Å². The Bertz CT molecular complexity index is 921. The van der Waals surface area contributed by atoms with Crippen LogP contribution in [0, 0.1) is 0 Å². The predicted molar refractivity (Wildman–Crippen MR) is 105 cm³/mol. The van der Waals surface area contributed by atoms with Gasteiger partial charge in [-0.25, -0.2) is 4.79 Å². The number of methoxy groups -OCH3 is 1. The van der Waals surface area contributed by atoms with Gasteiger partial charge in [-0.2, -0.15) is 0 Å². The number of phenolic OH excluding ortho intramolecular Hbond substituents is 1. The Morgan fingerprint density at radius 2 is 1.86 bits per heavy atom. The minimum atomic E-state index is -1.55. The van der Waals surface area contributed by atoms with Gasteiger partial charge in [0.1, 0.15) is 29.3 Å². The van der Waals surface area contributed by atoms with Gasteiger partial charge in [0.25, 0.3) is 0 Å². The zero-order valence-electron chi connectivity index (χ0n) is 16.3. The van der Waals surface area contributed by atoms with E-state index in [4.69, 9.17) is 9.47 Å². The van der Waals surface area contributed by atoms with Crippen LogP contribution in [-0.2, 0) is 9.53 Å². The molecule has 2 aromatic rings. The van der Waals surface area contributed by atoms with Gasteiger partial charge in [0.05, 0.1) is 13.2 Å². The van der Waals surface area contributed by atoms with E-state index in [1.54, 1.807) is 37.3 Å². The number of aliphatic hydroxyl groups excluding tert-OH is 2. The molecule has 3 atom stereocenters. The SMILES string of the molecule is COc1cc(O)c2c(c1)-c1cccc(c1)[C@H](O)[C@@H](O)C(=O)CCC[C@H](C)OC2=O. The molecule has 7 nitrogen and oxygen atoms in total. The van der Waals surface area contributed by atoms with Crippen molar-refractivity contribution in [2.24, 2.45) is 0 Å². The Morgan fingerprint density at radius 1 is 1.10 bits per heavy atom. The van der Waals surface area contributed by atoms with Crippen molar-refractivity contribution in [2.75, 3.05) is 7.11 Å². The molecule has 154 valence electrons. The molecule has 0 saturated carbocycles. The number of carbonyl (C=O) groups excluding carboxylic acids is 2. The van der Waals surface area contributed by atoms with Crippen LogP contribution in [0.3, 0.4) is 0 Å². The molecular formula is C22H24O7. The highest BCUT2D eigenvalue weighted by Crippen LogP contribution is 2.37. The number of esters is 1. The van der Waals surface area contributed by atoms with Crippen molar-refractivity contribution >= 4 is 11.8 Å². The number of fused-ring (bicyclic) bond motifs is 4. The first-order chi connectivity index (χ1) is 13.8. The van der Waals surface area contributed by atoms with Gasteiger partial charge in [0.15, 0.2) is 5.78 Å². The van der Waals surface area contributed by atoms with E-state index in [1.807, 2.05) is 0 Å². The van der Waals surface area contributed by atoms with Crippen LogP contribution < -0.4 is 4.74 Å². The van der Waals surface area contributed by atoms with Crippen molar-refractivity contribution in [2.45, 2.75) is 44.5 Å². The van der Waals surface area contributed by atoms with Gasteiger partial charge in [-0.15, -0.1) is 0 Å². The maximum Gasteiger partial charge on any atom is 0.342 e. The van der Waals surface area contributed by atoms with Gasteiger partial charge >= 0.3 is 5.97 Å². The first-order valence-corrected chi connectivity index (χ1v) is 9.43. The monoisotopic (exact) mass is 400 g/mol. The molecule has 3 N–H and O–H groups in total. The number of ether oxygens (including phenoxy) is 2. The van der Waals surface area contributed by atoms with Crippen molar-refractivity contribution in [3.05, 3.63) is 47.5 Å². The zero-order valence-corrected chi connectivity index (χ0v) is 16.3. The molecule has 3 rings (SSSR count). The summed E-state index contributed by atoms with van der Waals surface area (Å²) in [6.07, 6.45) is -2.61. The van der Waals surface area contributed by atoms with Gasteiger partial charge < -0.3 is 24.8 Å². The number of ketones is 1. The minimum absolute atomic E-state index is 0.0158. The number of aliphatic hydroxyl groups is 2. The summed E-state index contributed by atoms with van der Waals surface area (Å²) in [5.41, 5.74) is 1.14. The summed E-state index contributed by atoms with van der Waals surface area (Å²) in [7, 11) is 1.44. The quantitative estimate of drug-likeness (QED) is 0.631. The Morgan fingerprint density at radius 3 is 2.59 bits per heavy atom. The summed E-state index contributed by atoms with van der Waals surface area (Å²) in [5.74, 6) is -1.12. The molecule has 2 aromatic carbocycles. The van der Waals surface area contributed by atoms with Gasteiger partial charge in [-0.3, -0.25) is 4.79 Å². The Kier molecular flexibility index (Phi) is 6.20. The Balaban J connectivity index is 2.19. The van der Waals surface area contributed by atoms with Crippen LogP contribution in [-0.4, -0.2) is 46.4 Å². The molecule has 29 heavy (non-hydrogen) atoms. The van der Waals surface area contributed by atoms with E-state index in [0.717, 1.165) is 0 Å². The number of benzene rings is 2. The smallest absolute Gasteiger partial charge is 0.342 e. The van der Waals surface area contributed by atoms with E-state index in [2.05, 4.69) is 0 Å². The summed E-state index contributed by atoms with van der Waals surface area (Å²) < 4.78 is 10.7. The van der Waals surface area contributed by atoms with Crippen LogP contribution in [0.15, 0.2) is 36.4 Å². The number of hydrogen-bond donors (Lipinski definition) is 3. The topological polar surface area (TPSA) is 113 Å². The number of hydrogen-bond acceptors (Lipinski definition) is 7. The summed E-state index contributed by atoms with van der Waals surface area (Å²) in [6.45, 7) is 1.69. The molecule has 0 fully saturated rings. The molecule has 1 heterocycles. The van der Waals surface area contributed by atoms with Crippen molar-refractivity contribution < 1.29 is 34.4 Å². The highest BCUT2D eigenvalue weighted by Gasteiger charge is 2.28. The van der Waals surface area contributed by atoms with Crippen molar-refractivity contribution in [3.63, 3.8) is 0 Å². The van der Waals surface area contributed by atoms with Crippen molar-refractivity contribution in [1.82, 2.24) is 0 Å². The van der Waals surface area contributed by atoms with E-state index >= 15 is 0 Å². The van der Waals surface area contributed by atoms with E-state index < -0.39 is 30.1 Å². The van der Waals surface area contributed by atoms with Crippen molar-refractivity contribution in [1.29, 1.82) is 0 Å². The standard InChI is InChI=1S/C22H24O7/c1-12-5-3-8-17(23)21(26)20(25)14-7-4-6-13(9-14)16-10-15(28-2)11-18(24)19(16)22(27)29-12/h4,6-7,9-12,20-21,24-26H,3,5,8H2,1-2H3/t12-,20-,21-/m0/s1. The fraction of sp³-hybridized carbons (Fsp3) is 0.364. The number of phenols is 1. The molecule has 7 heteroatoms. The van der Waals surface area contributed by atoms with Crippen LogP contribution in [0.4, 0.5) is 0 Å². The average Bonchev–Trinajstić information content (AvgIpc) is 2.71. The van der Waals surface area contributed by atoms with Crippen LogP contribution in [0.1, 0.15) is 48.2 Å². The molecule has 0 amide bonds. The molecule has 1 aliphatic rings. The third-order valence-corrected chi connectivity index (χ3v) is 5.04. The lowest BCUT2D eigenvalue weighted by molar-refractivity contribution is -0.133. The fourth-order valence-corrected chi connectivity index (χ4v) is 3.42. The van der Waals surface area contributed by atoms with E-state index in [0.29, 0.717) is 35.3 Å². The van der Waals surface area contributed by atoms with Gasteiger partial charge in [0.2, 0.25) is 0 Å². The lowest BCUT2D eigenvalue weighted by Crippen LogP contribution is -2.28. The molecular weight excluding hydrogens is 376 g/mol. The van der Waals surface area contributed by atoms with Crippen LogP contribution in [0.25, 0.3) is 11.1 Å². The summed E-state index contributed by atoms with van der Waals surface area (Å²) >= 11 is 0. The van der Waals surface area contributed by atoms with E-state index in [1.165, 1.54) is 13.2 Å². The fourth-order valence-electron chi connectivity index (χ4n) is 3.42. The molecule has 0 aliphatic carbocycles. The van der Waals surface area contributed by atoms with Gasteiger partial charge in [-0.05, 0) is 43.0 Å². The molecule has 0 radical (unpaired) electrons. The predicted octanol–water partition coefficient (Wildman–Crippen LogP) is 2.76. The molecule has 0 saturated heterocycles. The third-order valence-electron chi connectivity index (χ3n) is 5.04. The highest BCUT2D eigenvalue weighted by atomic mass is 16.5. The first kappa shape index (κ1) is 20.8. The second-order valence-corrected chi connectivity index (χ2v) is 7.16. The van der Waals surface area contributed by atoms with Crippen molar-refractivity contribution in [3.8, 4) is 22.6 Å². The highest BCUT2D eigenvalue weighted by molar-refractivity contribution is 6.00. The van der Waals surface area contributed by atoms with Crippen LogP contribution in [0.2, 0.25) is 0 Å². The largest absolute Gasteiger partial charge is 0.507 e. The molecule has 1 aliphatic heterocycles. The summed E-state index contributed by atoms with van der Waals surface area (Å²) in [4.78, 5) is 25.0. The summed E-state index contributed by atoms with van der Waals surface area (Å²) in [5, 5.41) is 31.2. The maximum absolute atomic E-state index is 12.8. The molecule has 0 aromatic heterocycles. The lowest BCUT2D eigenvalue weighted by atomic mass is 9.92. The van der Waals surface area contributed by atoms with Gasteiger partial charge in [-0.1, -0.05) is 18.2 Å². The average molecular weight is 400 g/mol. The number of Topliss-reactive ketones (excluding diaryl/α,β-unsaturated/α-hetero) is 1. The second kappa shape index (κ2) is 8.63. The number of aromatic hydroxyl groups is 1. The normalized spacial score (nSPS) is 23.0. The minimum Gasteiger partial charge on any atom is -0.507 e. The first-order valence-electron chi connectivity index (χ1n) is 9.43. The lowest BCUT2D eigenvalue weighted by Gasteiger charge is -2.21. The van der Waals surface area contributed by atoms with E-state index in [-0.39, 0.29) is 17.7 Å². The molecule has 0 unspecified atom stereocenters. The van der Waals surface area contributed by atoms with E-state index in [9.17, 15) is 24.9 Å². The zero-order chi connectivity index (χ0) is 21.1. The maximum atomic E-state index is 12.8. The molecule has 2 bridgehead atoms. The summed E-state index contributed by atoms with van der Waals surface area (Å²) in [6, 6.07) is 9.36. The number of rotatable bonds is 1. The molecule has 0 spiro atoms. The van der Waals surface area contributed by atoms with Crippen LogP contribution >= 0.6 is 0 Å². The number of carbonyl (C=O) groups is 2.